The minimum Gasteiger partial charge on any atom is -0.385 e. The van der Waals surface area contributed by atoms with E-state index >= 15 is 0 Å². The molecule has 1 N–H and O–H groups in total. The second-order valence-corrected chi connectivity index (χ2v) is 5.86. The fourth-order valence-corrected chi connectivity index (χ4v) is 3.67. The zero-order valence-electron chi connectivity index (χ0n) is 12.1. The molecule has 0 radical (unpaired) electrons. The lowest BCUT2D eigenvalue weighted by Gasteiger charge is -2.31. The highest BCUT2D eigenvalue weighted by Gasteiger charge is 2.38. The molecule has 4 heteroatoms. The molecule has 1 amide bonds. The summed E-state index contributed by atoms with van der Waals surface area (Å²) >= 11 is 0. The average molecular weight is 273 g/mol. The maximum Gasteiger partial charge on any atom is 0.272 e. The molecule has 2 heterocycles. The van der Waals surface area contributed by atoms with Crippen LogP contribution in [0.15, 0.2) is 18.3 Å². The van der Waals surface area contributed by atoms with Gasteiger partial charge in [-0.1, -0.05) is 12.8 Å². The van der Waals surface area contributed by atoms with Crippen molar-refractivity contribution >= 4 is 11.6 Å². The van der Waals surface area contributed by atoms with Gasteiger partial charge in [0.25, 0.3) is 5.91 Å². The van der Waals surface area contributed by atoms with Gasteiger partial charge in [-0.3, -0.25) is 9.78 Å². The smallest absolute Gasteiger partial charge is 0.272 e. The summed E-state index contributed by atoms with van der Waals surface area (Å²) in [6, 6.07) is 4.25. The van der Waals surface area contributed by atoms with Gasteiger partial charge in [-0.2, -0.15) is 0 Å². The van der Waals surface area contributed by atoms with Crippen LogP contribution >= 0.6 is 0 Å². The highest BCUT2D eigenvalue weighted by atomic mass is 16.2. The van der Waals surface area contributed by atoms with E-state index in [1.807, 2.05) is 12.1 Å². The number of amides is 1. The van der Waals surface area contributed by atoms with E-state index < -0.39 is 0 Å². The SMILES string of the molecule is CCNc1ccnc(C(=O)N2CCC3CCCCC32)c1. The number of nitrogens with zero attached hydrogens (tertiary/aromatic N) is 2. The van der Waals surface area contributed by atoms with E-state index in [9.17, 15) is 4.79 Å². The van der Waals surface area contributed by atoms with Gasteiger partial charge in [0.15, 0.2) is 0 Å². The monoisotopic (exact) mass is 273 g/mol. The van der Waals surface area contributed by atoms with Crippen LogP contribution in [0.5, 0.6) is 0 Å². The third-order valence-electron chi connectivity index (χ3n) is 4.63. The van der Waals surface area contributed by atoms with Crippen molar-refractivity contribution in [2.45, 2.75) is 45.1 Å². The third-order valence-corrected chi connectivity index (χ3v) is 4.63. The van der Waals surface area contributed by atoms with Crippen LogP contribution in [0, 0.1) is 5.92 Å². The first kappa shape index (κ1) is 13.4. The summed E-state index contributed by atoms with van der Waals surface area (Å²) in [6.45, 7) is 3.81. The van der Waals surface area contributed by atoms with Crippen LogP contribution in [0.2, 0.25) is 0 Å². The molecule has 1 aromatic heterocycles. The van der Waals surface area contributed by atoms with Crippen molar-refractivity contribution in [2.75, 3.05) is 18.4 Å². The van der Waals surface area contributed by atoms with E-state index in [1.54, 1.807) is 6.20 Å². The highest BCUT2D eigenvalue weighted by molar-refractivity contribution is 5.93. The van der Waals surface area contributed by atoms with Crippen molar-refractivity contribution in [3.63, 3.8) is 0 Å². The van der Waals surface area contributed by atoms with E-state index in [1.165, 1.54) is 32.1 Å². The summed E-state index contributed by atoms with van der Waals surface area (Å²) in [6.07, 6.45) is 7.94. The first-order chi connectivity index (χ1) is 9.79. The molecular weight excluding hydrogens is 250 g/mol. The fourth-order valence-electron chi connectivity index (χ4n) is 3.67. The number of likely N-dealkylation sites (tertiary alicyclic amines) is 1. The molecule has 1 saturated carbocycles. The maximum absolute atomic E-state index is 12.7. The summed E-state index contributed by atoms with van der Waals surface area (Å²) in [5.74, 6) is 0.837. The Balaban J connectivity index is 1.76. The molecule has 2 aliphatic rings. The Hall–Kier alpha value is -1.58. The van der Waals surface area contributed by atoms with Crippen molar-refractivity contribution in [3.05, 3.63) is 24.0 Å². The molecule has 2 fully saturated rings. The topological polar surface area (TPSA) is 45.2 Å². The van der Waals surface area contributed by atoms with E-state index in [4.69, 9.17) is 0 Å². The van der Waals surface area contributed by atoms with Crippen molar-refractivity contribution in [1.29, 1.82) is 0 Å². The first-order valence-corrected chi connectivity index (χ1v) is 7.80. The first-order valence-electron chi connectivity index (χ1n) is 7.80. The molecule has 20 heavy (non-hydrogen) atoms. The molecule has 0 bridgehead atoms. The molecule has 4 nitrogen and oxygen atoms in total. The maximum atomic E-state index is 12.7. The van der Waals surface area contributed by atoms with Gasteiger partial charge in [-0.15, -0.1) is 0 Å². The Kier molecular flexibility index (Phi) is 3.90. The third kappa shape index (κ3) is 2.51. The second kappa shape index (κ2) is 5.81. The van der Waals surface area contributed by atoms with E-state index in [0.717, 1.165) is 24.7 Å². The fraction of sp³-hybridized carbons (Fsp3) is 0.625. The Morgan fingerprint density at radius 1 is 1.40 bits per heavy atom. The number of pyridine rings is 1. The Morgan fingerprint density at radius 2 is 2.25 bits per heavy atom. The molecule has 3 rings (SSSR count). The van der Waals surface area contributed by atoms with E-state index in [0.29, 0.717) is 11.7 Å². The summed E-state index contributed by atoms with van der Waals surface area (Å²) in [7, 11) is 0. The van der Waals surface area contributed by atoms with Gasteiger partial charge in [0.1, 0.15) is 5.69 Å². The van der Waals surface area contributed by atoms with Crippen molar-refractivity contribution in [2.24, 2.45) is 5.92 Å². The quantitative estimate of drug-likeness (QED) is 0.921. The molecule has 2 atom stereocenters. The van der Waals surface area contributed by atoms with Gasteiger partial charge in [0, 0.05) is 31.0 Å². The molecule has 108 valence electrons. The number of carbonyl (C=O) groups is 1. The van der Waals surface area contributed by atoms with Gasteiger partial charge < -0.3 is 10.2 Å². The second-order valence-electron chi connectivity index (χ2n) is 5.86. The van der Waals surface area contributed by atoms with E-state index in [-0.39, 0.29) is 5.91 Å². The van der Waals surface area contributed by atoms with Crippen LogP contribution < -0.4 is 5.32 Å². The van der Waals surface area contributed by atoms with Crippen molar-refractivity contribution in [1.82, 2.24) is 9.88 Å². The van der Waals surface area contributed by atoms with E-state index in [2.05, 4.69) is 22.1 Å². The number of aromatic nitrogens is 1. The van der Waals surface area contributed by atoms with Crippen LogP contribution in [-0.2, 0) is 0 Å². The van der Waals surface area contributed by atoms with Crippen LogP contribution in [0.25, 0.3) is 0 Å². The number of hydrogen-bond acceptors (Lipinski definition) is 3. The lowest BCUT2D eigenvalue weighted by Crippen LogP contribution is -2.39. The summed E-state index contributed by atoms with van der Waals surface area (Å²) < 4.78 is 0. The normalized spacial score (nSPS) is 25.4. The number of fused-ring (bicyclic) bond motifs is 1. The standard InChI is InChI=1S/C16H23N3O/c1-2-17-13-7-9-18-14(11-13)16(20)19-10-8-12-5-3-4-6-15(12)19/h7,9,11-12,15H,2-6,8,10H2,1H3,(H,17,18). The molecule has 1 aliphatic heterocycles. The predicted octanol–water partition coefficient (Wildman–Crippen LogP) is 2.92. The van der Waals surface area contributed by atoms with Crippen LogP contribution in [-0.4, -0.2) is 34.9 Å². The molecule has 0 spiro atoms. The van der Waals surface area contributed by atoms with Gasteiger partial charge >= 0.3 is 0 Å². The number of nitrogens with one attached hydrogen (secondary N) is 1. The van der Waals surface area contributed by atoms with Gasteiger partial charge in [0.2, 0.25) is 0 Å². The zero-order chi connectivity index (χ0) is 13.9. The predicted molar refractivity (Wildman–Crippen MR) is 79.8 cm³/mol. The molecule has 1 saturated heterocycles. The number of carbonyl (C=O) groups excluding carboxylic acids is 1. The minimum absolute atomic E-state index is 0.110. The van der Waals surface area contributed by atoms with Gasteiger partial charge in [-0.05, 0) is 44.2 Å². The van der Waals surface area contributed by atoms with Crippen molar-refractivity contribution < 1.29 is 4.79 Å². The lowest BCUT2D eigenvalue weighted by atomic mass is 9.85. The largest absolute Gasteiger partial charge is 0.385 e. The van der Waals surface area contributed by atoms with Crippen LogP contribution in [0.3, 0.4) is 0 Å². The average Bonchev–Trinajstić information content (AvgIpc) is 2.91. The number of rotatable bonds is 3. The molecular formula is C16H23N3O. The number of anilines is 1. The zero-order valence-corrected chi connectivity index (χ0v) is 12.1. The lowest BCUT2D eigenvalue weighted by molar-refractivity contribution is 0.0684. The Bertz CT molecular complexity index is 488. The highest BCUT2D eigenvalue weighted by Crippen LogP contribution is 2.36. The summed E-state index contributed by atoms with van der Waals surface area (Å²) in [5.41, 5.74) is 1.56. The Morgan fingerprint density at radius 3 is 3.10 bits per heavy atom. The van der Waals surface area contributed by atoms with Gasteiger partial charge in [-0.25, -0.2) is 0 Å². The molecule has 0 aromatic carbocycles. The molecule has 1 aromatic rings. The number of hydrogen-bond donors (Lipinski definition) is 1. The summed E-state index contributed by atoms with van der Waals surface area (Å²) in [5, 5.41) is 3.24. The van der Waals surface area contributed by atoms with Gasteiger partial charge in [0.05, 0.1) is 0 Å². The Labute approximate surface area is 120 Å². The van der Waals surface area contributed by atoms with Crippen LogP contribution in [0.4, 0.5) is 5.69 Å². The van der Waals surface area contributed by atoms with Crippen molar-refractivity contribution in [3.8, 4) is 0 Å². The minimum atomic E-state index is 0.110. The summed E-state index contributed by atoms with van der Waals surface area (Å²) in [4.78, 5) is 19.0. The molecule has 2 unspecified atom stereocenters. The van der Waals surface area contributed by atoms with Crippen LogP contribution in [0.1, 0.15) is 49.5 Å². The molecule has 1 aliphatic carbocycles.